The quantitative estimate of drug-likeness (QED) is 0.692. The molecule has 1 rings (SSSR count). The van der Waals surface area contributed by atoms with E-state index in [9.17, 15) is 0 Å². The largest absolute Gasteiger partial charge is 0.495 e. The van der Waals surface area contributed by atoms with Gasteiger partial charge in [0.15, 0.2) is 0 Å². The third kappa shape index (κ3) is 1.73. The molecule has 3 heteroatoms. The summed E-state index contributed by atoms with van der Waals surface area (Å²) in [5.74, 6) is 1.11. The van der Waals surface area contributed by atoms with Crippen LogP contribution in [0.1, 0.15) is 11.1 Å². The molecule has 0 saturated heterocycles. The number of methoxy groups -OCH3 is 2. The molecule has 1 aromatic carbocycles. The van der Waals surface area contributed by atoms with Crippen molar-refractivity contribution in [3.8, 4) is 17.6 Å². The van der Waals surface area contributed by atoms with E-state index in [4.69, 9.17) is 14.7 Å². The van der Waals surface area contributed by atoms with E-state index in [0.717, 1.165) is 5.56 Å². The van der Waals surface area contributed by atoms with Crippen LogP contribution < -0.4 is 9.47 Å². The minimum atomic E-state index is 0.440. The molecule has 0 spiro atoms. The maximum atomic E-state index is 8.84. The van der Waals surface area contributed by atoms with Crippen molar-refractivity contribution >= 4 is 0 Å². The molecule has 0 bridgehead atoms. The monoisotopic (exact) mass is 177 g/mol. The lowest BCUT2D eigenvalue weighted by atomic mass is 10.1. The molecule has 0 fully saturated rings. The van der Waals surface area contributed by atoms with Crippen LogP contribution in [0, 0.1) is 18.3 Å². The lowest BCUT2D eigenvalue weighted by molar-refractivity contribution is 0.391. The number of hydrogen-bond acceptors (Lipinski definition) is 3. The summed E-state index contributed by atoms with van der Waals surface area (Å²) in [6.45, 7) is 1.92. The van der Waals surface area contributed by atoms with Gasteiger partial charge in [-0.3, -0.25) is 0 Å². The molecule has 68 valence electrons. The van der Waals surface area contributed by atoms with Gasteiger partial charge >= 0.3 is 0 Å². The van der Waals surface area contributed by atoms with Crippen LogP contribution in [0.3, 0.4) is 0 Å². The molecular weight excluding hydrogens is 166 g/mol. The van der Waals surface area contributed by atoms with Crippen molar-refractivity contribution in [3.05, 3.63) is 23.3 Å². The Morgan fingerprint density at radius 1 is 1.15 bits per heavy atom. The molecule has 0 aromatic heterocycles. The van der Waals surface area contributed by atoms with Gasteiger partial charge in [-0.15, -0.1) is 0 Å². The summed E-state index contributed by atoms with van der Waals surface area (Å²) in [5.41, 5.74) is 1.45. The first-order chi connectivity index (χ1) is 6.22. The van der Waals surface area contributed by atoms with Crippen molar-refractivity contribution in [2.75, 3.05) is 14.2 Å². The van der Waals surface area contributed by atoms with Gasteiger partial charge in [0, 0.05) is 0 Å². The van der Waals surface area contributed by atoms with Crippen molar-refractivity contribution < 1.29 is 9.47 Å². The van der Waals surface area contributed by atoms with Crippen molar-refractivity contribution in [3.63, 3.8) is 0 Å². The maximum Gasteiger partial charge on any atom is 0.140 e. The Morgan fingerprint density at radius 3 is 1.92 bits per heavy atom. The lowest BCUT2D eigenvalue weighted by Crippen LogP contribution is -1.94. The van der Waals surface area contributed by atoms with Crippen LogP contribution in [0.2, 0.25) is 0 Å². The Kier molecular flexibility index (Phi) is 2.76. The Balaban J connectivity index is 3.36. The van der Waals surface area contributed by atoms with E-state index in [1.165, 1.54) is 14.2 Å². The lowest BCUT2D eigenvalue weighted by Gasteiger charge is -2.08. The summed E-state index contributed by atoms with van der Waals surface area (Å²) in [6.07, 6.45) is 0. The van der Waals surface area contributed by atoms with Gasteiger partial charge in [0.05, 0.1) is 14.2 Å². The maximum absolute atomic E-state index is 8.84. The standard InChI is InChI=1S/C10H11NO2/c1-7-4-9(12-2)8(6-11)10(5-7)13-3/h4-5H,1-3H3. The molecule has 0 atom stereocenters. The zero-order valence-corrected chi connectivity index (χ0v) is 7.92. The smallest absolute Gasteiger partial charge is 0.140 e. The summed E-state index contributed by atoms with van der Waals surface area (Å²) in [5, 5.41) is 8.84. The topological polar surface area (TPSA) is 42.2 Å². The van der Waals surface area contributed by atoms with Crippen LogP contribution in [0.5, 0.6) is 11.5 Å². The minimum Gasteiger partial charge on any atom is -0.495 e. The highest BCUT2D eigenvalue weighted by molar-refractivity contribution is 5.54. The predicted octanol–water partition coefficient (Wildman–Crippen LogP) is 1.88. The van der Waals surface area contributed by atoms with E-state index in [2.05, 4.69) is 0 Å². The summed E-state index contributed by atoms with van der Waals surface area (Å²) < 4.78 is 10.1. The molecule has 0 aliphatic heterocycles. The fourth-order valence-electron chi connectivity index (χ4n) is 1.15. The normalized spacial score (nSPS) is 9.08. The summed E-state index contributed by atoms with van der Waals surface area (Å²) >= 11 is 0. The first-order valence-electron chi connectivity index (χ1n) is 3.85. The number of benzene rings is 1. The SMILES string of the molecule is COc1cc(C)cc(OC)c1C#N. The van der Waals surface area contributed by atoms with Crippen molar-refractivity contribution in [1.29, 1.82) is 5.26 Å². The van der Waals surface area contributed by atoms with Crippen molar-refractivity contribution in [2.24, 2.45) is 0 Å². The highest BCUT2D eigenvalue weighted by Crippen LogP contribution is 2.28. The fraction of sp³-hybridized carbons (Fsp3) is 0.300. The molecule has 0 radical (unpaired) electrons. The molecule has 0 aliphatic carbocycles. The summed E-state index contributed by atoms with van der Waals surface area (Å²) in [4.78, 5) is 0. The van der Waals surface area contributed by atoms with E-state index < -0.39 is 0 Å². The summed E-state index contributed by atoms with van der Waals surface area (Å²) in [7, 11) is 3.07. The molecule has 3 nitrogen and oxygen atoms in total. The van der Waals surface area contributed by atoms with E-state index in [1.54, 1.807) is 12.1 Å². The Bertz CT molecular complexity index is 327. The highest BCUT2D eigenvalue weighted by atomic mass is 16.5. The number of rotatable bonds is 2. The van der Waals surface area contributed by atoms with Gasteiger partial charge in [-0.2, -0.15) is 5.26 Å². The molecule has 0 unspecified atom stereocenters. The Labute approximate surface area is 77.5 Å². The van der Waals surface area contributed by atoms with E-state index >= 15 is 0 Å². The molecule has 0 aliphatic rings. The van der Waals surface area contributed by atoms with Crippen LogP contribution in [-0.2, 0) is 0 Å². The average Bonchev–Trinajstić information content (AvgIpc) is 2.16. The number of ether oxygens (including phenoxy) is 2. The van der Waals surface area contributed by atoms with Crippen LogP contribution in [0.15, 0.2) is 12.1 Å². The Hall–Kier alpha value is -1.69. The van der Waals surface area contributed by atoms with Crippen LogP contribution in [-0.4, -0.2) is 14.2 Å². The molecule has 0 N–H and O–H groups in total. The van der Waals surface area contributed by atoms with Gasteiger partial charge in [-0.25, -0.2) is 0 Å². The number of hydrogen-bond donors (Lipinski definition) is 0. The first-order valence-corrected chi connectivity index (χ1v) is 3.85. The van der Waals surface area contributed by atoms with Gasteiger partial charge in [0.2, 0.25) is 0 Å². The fourth-order valence-corrected chi connectivity index (χ4v) is 1.15. The number of nitrogens with zero attached hydrogens (tertiary/aromatic N) is 1. The summed E-state index contributed by atoms with van der Waals surface area (Å²) in [6, 6.07) is 5.66. The molecule has 0 amide bonds. The van der Waals surface area contributed by atoms with Gasteiger partial charge in [-0.1, -0.05) is 0 Å². The zero-order valence-electron chi connectivity index (χ0n) is 7.92. The molecule has 13 heavy (non-hydrogen) atoms. The van der Waals surface area contributed by atoms with Crippen molar-refractivity contribution in [2.45, 2.75) is 6.92 Å². The molecular formula is C10H11NO2. The van der Waals surface area contributed by atoms with Gasteiger partial charge in [0.1, 0.15) is 23.1 Å². The van der Waals surface area contributed by atoms with Crippen LogP contribution in [0.25, 0.3) is 0 Å². The third-order valence-electron chi connectivity index (χ3n) is 1.76. The molecule has 0 heterocycles. The second-order valence-electron chi connectivity index (χ2n) is 2.66. The van der Waals surface area contributed by atoms with Gasteiger partial charge in [0.25, 0.3) is 0 Å². The number of aryl methyl sites for hydroxylation is 1. The number of nitriles is 1. The molecule has 1 aromatic rings. The average molecular weight is 177 g/mol. The minimum absolute atomic E-state index is 0.440. The third-order valence-corrected chi connectivity index (χ3v) is 1.76. The predicted molar refractivity (Wildman–Crippen MR) is 49.0 cm³/mol. The van der Waals surface area contributed by atoms with E-state index in [0.29, 0.717) is 17.1 Å². The second-order valence-corrected chi connectivity index (χ2v) is 2.66. The Morgan fingerprint density at radius 2 is 1.62 bits per heavy atom. The van der Waals surface area contributed by atoms with Crippen LogP contribution in [0.4, 0.5) is 0 Å². The van der Waals surface area contributed by atoms with E-state index in [-0.39, 0.29) is 0 Å². The highest BCUT2D eigenvalue weighted by Gasteiger charge is 2.09. The molecule has 0 saturated carbocycles. The van der Waals surface area contributed by atoms with Crippen LogP contribution >= 0.6 is 0 Å². The second kappa shape index (κ2) is 3.81. The van der Waals surface area contributed by atoms with E-state index in [1.807, 2.05) is 13.0 Å². The van der Waals surface area contributed by atoms with Gasteiger partial charge < -0.3 is 9.47 Å². The van der Waals surface area contributed by atoms with Gasteiger partial charge in [-0.05, 0) is 24.6 Å². The first kappa shape index (κ1) is 9.40. The zero-order chi connectivity index (χ0) is 9.84. The van der Waals surface area contributed by atoms with Crippen molar-refractivity contribution in [1.82, 2.24) is 0 Å².